The fraction of sp³-hybridized carbons (Fsp3) is 0.109. The summed E-state index contributed by atoms with van der Waals surface area (Å²) in [6.07, 6.45) is 3.52. The summed E-state index contributed by atoms with van der Waals surface area (Å²) in [7, 11) is 3.22. The zero-order chi connectivity index (χ0) is 94.4. The van der Waals surface area contributed by atoms with Crippen molar-refractivity contribution in [2.45, 2.75) is 51.6 Å². The molecule has 1 atom stereocenters. The van der Waals surface area contributed by atoms with E-state index in [1.807, 2.05) is 216 Å². The minimum Gasteiger partial charge on any atom is -0.494 e. The van der Waals surface area contributed by atoms with Crippen LogP contribution in [0, 0.1) is 23.4 Å². The monoisotopic (exact) mass is 1870 g/mol. The first kappa shape index (κ1) is 88.9. The first-order chi connectivity index (χ1) is 67.4. The molecule has 0 radical (unpaired) electrons. The number of H-pyrrole nitrogens is 5. The van der Waals surface area contributed by atoms with Crippen LogP contribution in [0.15, 0.2) is 307 Å². The number of carbonyl (C=O) groups is 5. The van der Waals surface area contributed by atoms with Crippen LogP contribution in [0.25, 0.3) is 165 Å². The summed E-state index contributed by atoms with van der Waals surface area (Å²) in [5, 5.41) is 71.3. The second kappa shape index (κ2) is 39.3. The van der Waals surface area contributed by atoms with Crippen LogP contribution in [0.2, 0.25) is 0 Å². The summed E-state index contributed by atoms with van der Waals surface area (Å²) in [6.45, 7) is 2.06. The smallest absolute Gasteiger partial charge is 0.253 e. The molecule has 8 heterocycles. The number of thiophene rings is 2. The van der Waals surface area contributed by atoms with Gasteiger partial charge in [0, 0.05) is 85.4 Å². The number of nitrogens with zero attached hydrogens (tertiary/aromatic N) is 5. The zero-order valence-corrected chi connectivity index (χ0v) is 76.1. The van der Waals surface area contributed by atoms with Gasteiger partial charge in [0.2, 0.25) is 23.6 Å². The minimum absolute atomic E-state index is 0.0587. The lowest BCUT2D eigenvalue weighted by Gasteiger charge is -2.12. The molecule has 2 fully saturated rings. The molecule has 138 heavy (non-hydrogen) atoms. The van der Waals surface area contributed by atoms with Crippen molar-refractivity contribution in [3.05, 3.63) is 335 Å². The van der Waals surface area contributed by atoms with Crippen molar-refractivity contribution in [2.75, 3.05) is 47.4 Å². The number of aromatic nitrogens is 10. The van der Waals surface area contributed by atoms with Crippen LogP contribution in [-0.4, -0.2) is 107 Å². The van der Waals surface area contributed by atoms with E-state index in [2.05, 4.69) is 132 Å². The zero-order valence-electron chi connectivity index (χ0n) is 74.5. The third kappa shape index (κ3) is 19.2. The molecule has 23 nitrogen and oxygen atoms in total. The number of fused-ring (bicyclic) bond motifs is 10. The van der Waals surface area contributed by atoms with Crippen molar-refractivity contribution < 1.29 is 51.4 Å². The number of hydrogen-bond donors (Lipinski definition) is 10. The van der Waals surface area contributed by atoms with E-state index < -0.39 is 23.6 Å². The average Bonchev–Trinajstić information content (AvgIpc) is 1.63. The van der Waals surface area contributed by atoms with Gasteiger partial charge in [-0.15, -0.1) is 11.3 Å². The summed E-state index contributed by atoms with van der Waals surface area (Å²) in [5.41, 5.74) is 14.5. The molecule has 1 aliphatic carbocycles. The SMILES string of the molecule is COc1c(NC(=O)C2CC2)ccc2[nH]nc(-c3ccc4ccccc4c3)c12.COc1c(NC(C)=O)ccc2[nH]nc(-c3ccc4ccccc4c3)c12.O=C(Cc1cccs1)Nc1cc(F)c2n[nH]c(-c3ccc4ccccc4c3)c2c1.O=C(Cc1ccsc1)Nc1cc(F)c2n[nH]c(-c3ccc4ccccc4c3)c2c1.O=C(Nc1cc(F)c2n[nH]c(-c3ccc4ccccc4c3)c2c1)C1CCCO1. The molecule has 0 spiro atoms. The number of ether oxygens (including phenoxy) is 3. The first-order valence-electron chi connectivity index (χ1n) is 44.7. The molecule has 10 N–H and O–H groups in total. The largest absolute Gasteiger partial charge is 0.494 e. The Balaban J connectivity index is 0.000000106. The van der Waals surface area contributed by atoms with E-state index in [0.717, 1.165) is 145 Å². The summed E-state index contributed by atoms with van der Waals surface area (Å²) in [5.74, 6) is -0.751. The molecule has 1 saturated heterocycles. The van der Waals surface area contributed by atoms with E-state index in [4.69, 9.17) is 14.2 Å². The van der Waals surface area contributed by atoms with Gasteiger partial charge in [0.1, 0.15) is 34.0 Å². The molecular formula is C110H86F3N15O8S2. The number of rotatable bonds is 18. The first-order valence-corrected chi connectivity index (χ1v) is 46.5. The number of nitrogens with one attached hydrogen (secondary N) is 10. The van der Waals surface area contributed by atoms with Crippen molar-refractivity contribution in [3.8, 4) is 67.8 Å². The van der Waals surface area contributed by atoms with Gasteiger partial charge >= 0.3 is 0 Å². The van der Waals surface area contributed by atoms with Crippen LogP contribution in [0.3, 0.4) is 0 Å². The van der Waals surface area contributed by atoms with Crippen LogP contribution in [0.5, 0.6) is 11.5 Å². The van der Waals surface area contributed by atoms with Crippen molar-refractivity contribution in [1.29, 1.82) is 0 Å². The van der Waals surface area contributed by atoms with Crippen LogP contribution in [0.4, 0.5) is 41.6 Å². The maximum atomic E-state index is 14.6. The Morgan fingerprint density at radius 1 is 0.391 bits per heavy atom. The number of benzene rings is 15. The van der Waals surface area contributed by atoms with Gasteiger partial charge in [0.15, 0.2) is 29.0 Å². The molecule has 2 aliphatic rings. The van der Waals surface area contributed by atoms with Gasteiger partial charge in [0.05, 0.1) is 77.3 Å². The Hall–Kier alpha value is -17.0. The van der Waals surface area contributed by atoms with E-state index in [1.54, 1.807) is 43.8 Å². The molecule has 1 unspecified atom stereocenters. The maximum Gasteiger partial charge on any atom is 0.253 e. The van der Waals surface area contributed by atoms with Crippen LogP contribution < -0.4 is 36.1 Å². The van der Waals surface area contributed by atoms with Crippen molar-refractivity contribution in [1.82, 2.24) is 51.0 Å². The molecule has 5 amide bonds. The van der Waals surface area contributed by atoms with Gasteiger partial charge in [-0.25, -0.2) is 13.2 Å². The second-order valence-electron chi connectivity index (χ2n) is 33.5. The molecule has 0 bridgehead atoms. The third-order valence-corrected chi connectivity index (χ3v) is 25.8. The number of aromatic amines is 5. The molecule has 28 heteroatoms. The molecule has 7 aromatic heterocycles. The fourth-order valence-electron chi connectivity index (χ4n) is 17.4. The highest BCUT2D eigenvalue weighted by molar-refractivity contribution is 7.10. The summed E-state index contributed by atoms with van der Waals surface area (Å²) < 4.78 is 60.5. The lowest BCUT2D eigenvalue weighted by atomic mass is 10.0. The number of carbonyl (C=O) groups excluding carboxylic acids is 5. The second-order valence-corrected chi connectivity index (χ2v) is 35.4. The van der Waals surface area contributed by atoms with Gasteiger partial charge in [-0.05, 0) is 204 Å². The Morgan fingerprint density at radius 2 is 0.790 bits per heavy atom. The highest BCUT2D eigenvalue weighted by Crippen LogP contribution is 2.44. The summed E-state index contributed by atoms with van der Waals surface area (Å²) >= 11 is 3.06. The number of methoxy groups -OCH3 is 2. The lowest BCUT2D eigenvalue weighted by molar-refractivity contribution is -0.124. The molecule has 1 saturated carbocycles. The van der Waals surface area contributed by atoms with Crippen LogP contribution >= 0.6 is 22.7 Å². The predicted molar refractivity (Wildman–Crippen MR) is 545 cm³/mol. The number of anilines is 5. The Kier molecular flexibility index (Phi) is 25.3. The van der Waals surface area contributed by atoms with Crippen molar-refractivity contribution in [2.24, 2.45) is 5.92 Å². The van der Waals surface area contributed by atoms with Crippen molar-refractivity contribution >= 4 is 189 Å². The topological polar surface area (TPSA) is 317 Å². The van der Waals surface area contributed by atoms with Gasteiger partial charge in [0.25, 0.3) is 5.91 Å². The maximum absolute atomic E-state index is 14.6. The third-order valence-electron chi connectivity index (χ3n) is 24.2. The quantitative estimate of drug-likeness (QED) is 0.0382. The lowest BCUT2D eigenvalue weighted by Crippen LogP contribution is -2.26. The standard InChI is InChI=1S/2C23H16FN3OS.C22H18FN3O2.C22H19N3O2.C20H17N3O2/c24-20-12-17(25-21(28)13-18-6-3-9-29-18)11-19-22(26-27-23(19)20)16-8-7-14-4-1-2-5-15(14)10-16;24-20-12-18(25-21(28)9-14-7-8-29-13-14)11-19-22(26-27-23(19)20)17-6-5-15-3-1-2-4-16(15)10-17;23-18-12-16(24-22(27)19-6-3-9-28-19)11-17-20(25-26-21(17)18)15-8-7-13-4-1-2-5-14(13)10-15;1-27-21-18(23-22(26)14-7-8-14)11-10-17-19(21)20(25-24-17)16-9-6-13-4-2-3-5-15(13)12-16;1-12(24)21-17-10-9-16-18(20(17)25-2)19(23-22-16)15-8-7-13-5-3-4-6-14(13)11-15/h1-12H,13H2,(H,25,28)(H,26,27);1-8,10-13H,9H2,(H,25,28)(H,26,27);1-2,4-5,7-8,10-12,19H,3,6,9H2,(H,24,27)(H,25,26);2-6,9-12,14H,7-8H2,1H3,(H,23,26)(H,24,25);3-11H,1-2H3,(H,21,24)(H,22,23). The van der Waals surface area contributed by atoms with Crippen LogP contribution in [-0.2, 0) is 41.6 Å². The van der Waals surface area contributed by atoms with E-state index in [0.29, 0.717) is 74.8 Å². The Bertz CT molecular complexity index is 8200. The van der Waals surface area contributed by atoms with Gasteiger partial charge < -0.3 is 40.8 Å². The normalized spacial score (nSPS) is 12.8. The fourth-order valence-corrected chi connectivity index (χ4v) is 18.7. The van der Waals surface area contributed by atoms with E-state index in [-0.39, 0.29) is 64.8 Å². The van der Waals surface area contributed by atoms with E-state index >= 15 is 0 Å². The summed E-state index contributed by atoms with van der Waals surface area (Å²) in [4.78, 5) is 61.6. The molecule has 22 aromatic rings. The van der Waals surface area contributed by atoms with Crippen LogP contribution in [0.1, 0.15) is 43.0 Å². The van der Waals surface area contributed by atoms with Gasteiger partial charge in [-0.3, -0.25) is 49.5 Å². The number of halogens is 3. The molecule has 1 aliphatic heterocycles. The van der Waals surface area contributed by atoms with E-state index in [1.165, 1.54) is 47.2 Å². The van der Waals surface area contributed by atoms with Crippen molar-refractivity contribution in [3.63, 3.8) is 0 Å². The summed E-state index contributed by atoms with van der Waals surface area (Å²) in [6, 6.07) is 93.7. The highest BCUT2D eigenvalue weighted by Gasteiger charge is 2.32. The molecule has 24 rings (SSSR count). The van der Waals surface area contributed by atoms with Gasteiger partial charge in [-0.1, -0.05) is 188 Å². The highest BCUT2D eigenvalue weighted by atomic mass is 32.1. The number of amides is 5. The molecule has 15 aromatic carbocycles. The predicted octanol–water partition coefficient (Wildman–Crippen LogP) is 25.3. The number of hydrogen-bond acceptors (Lipinski definition) is 15. The van der Waals surface area contributed by atoms with E-state index in [9.17, 15) is 37.1 Å². The molecular weight excluding hydrogens is 1780 g/mol. The molecule has 682 valence electrons. The minimum atomic E-state index is -0.483. The van der Waals surface area contributed by atoms with Gasteiger partial charge in [-0.2, -0.15) is 36.8 Å². The Labute approximate surface area is 794 Å². The average molecular weight is 1870 g/mol. The Morgan fingerprint density at radius 3 is 1.17 bits per heavy atom.